The lowest BCUT2D eigenvalue weighted by atomic mass is 10.1. The summed E-state index contributed by atoms with van der Waals surface area (Å²) in [6.07, 6.45) is 3.69. The highest BCUT2D eigenvalue weighted by Crippen LogP contribution is 2.36. The molecule has 1 aliphatic heterocycles. The molecule has 1 aliphatic rings. The summed E-state index contributed by atoms with van der Waals surface area (Å²) in [5, 5.41) is 19.9. The van der Waals surface area contributed by atoms with Gasteiger partial charge in [0, 0.05) is 30.5 Å². The minimum absolute atomic E-state index is 0.151. The zero-order valence-electron chi connectivity index (χ0n) is 14.3. The molecule has 4 rings (SSSR count). The lowest BCUT2D eigenvalue weighted by Gasteiger charge is -2.03. The van der Waals surface area contributed by atoms with Crippen LogP contribution in [0.25, 0.3) is 11.6 Å². The largest absolute Gasteiger partial charge is 0.497 e. The van der Waals surface area contributed by atoms with E-state index in [1.807, 2.05) is 31.2 Å². The summed E-state index contributed by atoms with van der Waals surface area (Å²) in [5.41, 5.74) is 2.78. The van der Waals surface area contributed by atoms with Crippen LogP contribution in [0.1, 0.15) is 15.4 Å². The molecular formula is C17H15N5O2S2. The van der Waals surface area contributed by atoms with Crippen molar-refractivity contribution in [3.05, 3.63) is 38.4 Å². The van der Waals surface area contributed by atoms with Gasteiger partial charge < -0.3 is 9.84 Å². The van der Waals surface area contributed by atoms with Crippen LogP contribution in [0.2, 0.25) is 0 Å². The number of aromatic hydroxyl groups is 1. The van der Waals surface area contributed by atoms with E-state index in [0.717, 1.165) is 27.6 Å². The summed E-state index contributed by atoms with van der Waals surface area (Å²) in [5.74, 6) is 0.916. The van der Waals surface area contributed by atoms with Crippen molar-refractivity contribution in [1.29, 1.82) is 0 Å². The first kappa shape index (κ1) is 16.7. The van der Waals surface area contributed by atoms with Crippen LogP contribution < -0.4 is 9.54 Å². The Balaban J connectivity index is 1.75. The fraction of sp³-hybridized carbons (Fsp3) is 0.176. The van der Waals surface area contributed by atoms with E-state index in [-0.39, 0.29) is 5.88 Å². The molecule has 0 unspecified atom stereocenters. The molecule has 0 radical (unpaired) electrons. The number of fused-ring (bicyclic) bond motifs is 1. The maximum Gasteiger partial charge on any atom is 0.234 e. The van der Waals surface area contributed by atoms with Gasteiger partial charge in [-0.2, -0.15) is 4.99 Å². The molecule has 0 atom stereocenters. The minimum atomic E-state index is 0.151. The highest BCUT2D eigenvalue weighted by molar-refractivity contribution is 7.15. The zero-order chi connectivity index (χ0) is 18.3. The molecule has 1 aromatic carbocycles. The Labute approximate surface area is 157 Å². The highest BCUT2D eigenvalue weighted by atomic mass is 32.1. The van der Waals surface area contributed by atoms with Crippen LogP contribution in [0.15, 0.2) is 28.2 Å². The molecule has 9 heteroatoms. The maximum absolute atomic E-state index is 10.5. The van der Waals surface area contributed by atoms with E-state index in [2.05, 4.69) is 20.2 Å². The number of nitrogens with zero attached hydrogens (tertiary/aromatic N) is 5. The monoisotopic (exact) mass is 385 g/mol. The Kier molecular flexibility index (Phi) is 4.17. The molecule has 26 heavy (non-hydrogen) atoms. The third-order valence-corrected chi connectivity index (χ3v) is 5.68. The Bertz CT molecular complexity index is 1120. The maximum atomic E-state index is 10.5. The molecule has 132 valence electrons. The van der Waals surface area contributed by atoms with Crippen LogP contribution in [-0.2, 0) is 7.05 Å². The number of rotatable bonds is 3. The Morgan fingerprint density at radius 2 is 2.12 bits per heavy atom. The molecule has 0 amide bonds. The predicted molar refractivity (Wildman–Crippen MR) is 104 cm³/mol. The van der Waals surface area contributed by atoms with Gasteiger partial charge in [0.05, 0.1) is 17.7 Å². The summed E-state index contributed by atoms with van der Waals surface area (Å²) >= 11 is 2.79. The molecule has 0 saturated heterocycles. The van der Waals surface area contributed by atoms with Crippen LogP contribution in [-0.4, -0.2) is 33.2 Å². The van der Waals surface area contributed by atoms with Gasteiger partial charge in [0.25, 0.3) is 0 Å². The first-order valence-corrected chi connectivity index (χ1v) is 9.36. The van der Waals surface area contributed by atoms with Crippen molar-refractivity contribution in [3.63, 3.8) is 0 Å². The number of hydrogen-bond donors (Lipinski definition) is 1. The quantitative estimate of drug-likeness (QED) is 0.748. The first-order chi connectivity index (χ1) is 12.5. The van der Waals surface area contributed by atoms with Gasteiger partial charge in [0.2, 0.25) is 11.0 Å². The topological polar surface area (TPSA) is 84.9 Å². The van der Waals surface area contributed by atoms with E-state index in [0.29, 0.717) is 14.8 Å². The van der Waals surface area contributed by atoms with Crippen LogP contribution in [0.4, 0.5) is 10.8 Å². The average Bonchev–Trinajstić information content (AvgIpc) is 3.30. The van der Waals surface area contributed by atoms with Gasteiger partial charge in [0.15, 0.2) is 4.80 Å². The second-order valence-electron chi connectivity index (χ2n) is 5.59. The van der Waals surface area contributed by atoms with E-state index in [1.165, 1.54) is 22.7 Å². The number of aryl methyl sites for hydroxylation is 1. The van der Waals surface area contributed by atoms with E-state index in [4.69, 9.17) is 4.74 Å². The predicted octanol–water partition coefficient (Wildman–Crippen LogP) is 3.45. The Morgan fingerprint density at radius 3 is 2.85 bits per heavy atom. The summed E-state index contributed by atoms with van der Waals surface area (Å²) in [4.78, 5) is 10.2. The number of thiazole rings is 1. The summed E-state index contributed by atoms with van der Waals surface area (Å²) < 4.78 is 6.87. The zero-order valence-corrected chi connectivity index (χ0v) is 15.9. The number of benzene rings is 1. The smallest absolute Gasteiger partial charge is 0.234 e. The lowest BCUT2D eigenvalue weighted by Crippen LogP contribution is -2.08. The average molecular weight is 385 g/mol. The van der Waals surface area contributed by atoms with Crippen molar-refractivity contribution >= 4 is 51.4 Å². The van der Waals surface area contributed by atoms with Crippen molar-refractivity contribution < 1.29 is 9.84 Å². The molecular weight excluding hydrogens is 370 g/mol. The Hall–Kier alpha value is -2.78. The molecule has 1 N–H and O–H groups in total. The van der Waals surface area contributed by atoms with Gasteiger partial charge in [-0.05, 0) is 25.1 Å². The normalized spacial score (nSPS) is 15.0. The molecule has 3 aromatic rings. The van der Waals surface area contributed by atoms with Gasteiger partial charge >= 0.3 is 0 Å². The number of ether oxygens (including phenoxy) is 1. The van der Waals surface area contributed by atoms with Gasteiger partial charge in [-0.3, -0.25) is 9.56 Å². The van der Waals surface area contributed by atoms with Crippen molar-refractivity contribution in [3.8, 4) is 11.6 Å². The van der Waals surface area contributed by atoms with Crippen LogP contribution in [0.5, 0.6) is 11.6 Å². The van der Waals surface area contributed by atoms with Gasteiger partial charge in [-0.1, -0.05) is 22.7 Å². The summed E-state index contributed by atoms with van der Waals surface area (Å²) in [6.45, 7) is 1.88. The van der Waals surface area contributed by atoms with Crippen molar-refractivity contribution in [2.75, 3.05) is 7.11 Å². The molecule has 2 aromatic heterocycles. The Morgan fingerprint density at radius 1 is 1.27 bits per heavy atom. The second-order valence-corrected chi connectivity index (χ2v) is 7.76. The fourth-order valence-corrected chi connectivity index (χ4v) is 4.11. The molecule has 0 fully saturated rings. The van der Waals surface area contributed by atoms with Crippen LogP contribution in [0, 0.1) is 6.92 Å². The van der Waals surface area contributed by atoms with E-state index >= 15 is 0 Å². The van der Waals surface area contributed by atoms with E-state index < -0.39 is 0 Å². The van der Waals surface area contributed by atoms with Crippen molar-refractivity contribution in [1.82, 2.24) is 14.8 Å². The fourth-order valence-electron chi connectivity index (χ4n) is 2.53. The third kappa shape index (κ3) is 2.95. The third-order valence-electron chi connectivity index (χ3n) is 3.88. The number of methoxy groups -OCH3 is 1. The molecule has 3 heterocycles. The number of aliphatic imine (C=N–C) groups is 1. The SMILES string of the molecule is COc1ccc2c(c1)N=CC2=Cc1sc(=Nc2nnc(C)s2)n(C)c1O. The minimum Gasteiger partial charge on any atom is -0.497 e. The summed E-state index contributed by atoms with van der Waals surface area (Å²) in [7, 11) is 3.40. The van der Waals surface area contributed by atoms with Gasteiger partial charge in [0.1, 0.15) is 10.8 Å². The number of hydrogen-bond acceptors (Lipinski definition) is 8. The van der Waals surface area contributed by atoms with Crippen molar-refractivity contribution in [2.24, 2.45) is 17.0 Å². The van der Waals surface area contributed by atoms with E-state index in [1.54, 1.807) is 24.9 Å². The standard InChI is InChI=1S/C17H15N5O2S2/c1-9-20-21-16(25-9)19-17-22(2)15(23)14(26-17)6-10-8-18-13-7-11(24-3)4-5-12(10)13/h4-8,23H,1-3H3. The highest BCUT2D eigenvalue weighted by Gasteiger charge is 2.16. The van der Waals surface area contributed by atoms with Crippen molar-refractivity contribution in [2.45, 2.75) is 6.92 Å². The lowest BCUT2D eigenvalue weighted by molar-refractivity contribution is 0.415. The molecule has 0 saturated carbocycles. The van der Waals surface area contributed by atoms with Crippen LogP contribution >= 0.6 is 22.7 Å². The van der Waals surface area contributed by atoms with Gasteiger partial charge in [-0.15, -0.1) is 10.2 Å². The number of allylic oxidation sites excluding steroid dienone is 1. The second kappa shape index (κ2) is 6.50. The van der Waals surface area contributed by atoms with E-state index in [9.17, 15) is 5.11 Å². The first-order valence-electron chi connectivity index (χ1n) is 7.73. The van der Waals surface area contributed by atoms with Crippen LogP contribution in [0.3, 0.4) is 0 Å². The molecule has 0 spiro atoms. The number of aromatic nitrogens is 3. The summed E-state index contributed by atoms with van der Waals surface area (Å²) in [6, 6.07) is 5.75. The molecule has 0 aliphatic carbocycles. The van der Waals surface area contributed by atoms with Gasteiger partial charge in [-0.25, -0.2) is 0 Å². The molecule has 7 nitrogen and oxygen atoms in total. The molecule has 0 bridgehead atoms.